The fraction of sp³-hybridized carbons (Fsp3) is 0.318. The molecule has 0 radical (unpaired) electrons. The number of aliphatic hydroxyl groups excluding tert-OH is 4. The van der Waals surface area contributed by atoms with Crippen molar-refractivity contribution in [3.63, 3.8) is 0 Å². The second-order valence-electron chi connectivity index (χ2n) is 7.25. The maximum Gasteiger partial charge on any atom is 0.229 e. The standard InChI is InChI=1S/C22H24O11/c1-31-15-7-3-10(8-14(15)26)2-5-12(24)11-4-6-13(25)21(17(11)27)33-22-20(30)19(29)18(28)16(9-23)32-22/h2-8,16,18-20,22-23,25-30H,9H2,1H3/b5-2+/t16-,18-,19+,20-,22+/m0/s1. The average Bonchev–Trinajstić information content (AvgIpc) is 2.80. The molecule has 7 N–H and O–H groups in total. The van der Waals surface area contributed by atoms with Crippen LogP contribution in [0.25, 0.3) is 6.08 Å². The summed E-state index contributed by atoms with van der Waals surface area (Å²) in [7, 11) is 1.39. The Morgan fingerprint density at radius 1 is 1.03 bits per heavy atom. The normalized spacial score (nSPS) is 25.2. The Morgan fingerprint density at radius 2 is 1.76 bits per heavy atom. The van der Waals surface area contributed by atoms with Gasteiger partial charge in [-0.2, -0.15) is 0 Å². The Labute approximate surface area is 188 Å². The number of phenols is 3. The van der Waals surface area contributed by atoms with Gasteiger partial charge in [-0.3, -0.25) is 4.79 Å². The minimum absolute atomic E-state index is 0.130. The molecule has 0 saturated carbocycles. The molecule has 11 nitrogen and oxygen atoms in total. The molecule has 178 valence electrons. The topological polar surface area (TPSA) is 186 Å². The van der Waals surface area contributed by atoms with Crippen molar-refractivity contribution in [1.29, 1.82) is 0 Å². The summed E-state index contributed by atoms with van der Waals surface area (Å²) >= 11 is 0. The van der Waals surface area contributed by atoms with Crippen LogP contribution in [0.15, 0.2) is 36.4 Å². The zero-order chi connectivity index (χ0) is 24.3. The predicted octanol–water partition coefficient (Wildman–Crippen LogP) is -0.113. The van der Waals surface area contributed by atoms with E-state index >= 15 is 0 Å². The molecule has 0 aliphatic carbocycles. The summed E-state index contributed by atoms with van der Waals surface area (Å²) in [6.07, 6.45) is -5.60. The van der Waals surface area contributed by atoms with Crippen LogP contribution in [-0.2, 0) is 4.74 Å². The molecule has 1 aliphatic rings. The SMILES string of the molecule is COc1ccc(/C=C/C(=O)c2ccc(O)c(O[C@H]3O[C@@H](CO)[C@H](O)[C@@H](O)[C@@H]3O)c2O)cc1O. The third-order valence-corrected chi connectivity index (χ3v) is 5.09. The van der Waals surface area contributed by atoms with Gasteiger partial charge in [-0.15, -0.1) is 0 Å². The van der Waals surface area contributed by atoms with E-state index in [0.717, 1.165) is 18.2 Å². The van der Waals surface area contributed by atoms with Gasteiger partial charge >= 0.3 is 0 Å². The highest BCUT2D eigenvalue weighted by molar-refractivity contribution is 6.09. The first-order valence-electron chi connectivity index (χ1n) is 9.79. The molecule has 1 heterocycles. The summed E-state index contributed by atoms with van der Waals surface area (Å²) in [4.78, 5) is 12.6. The average molecular weight is 464 g/mol. The first kappa shape index (κ1) is 24.3. The van der Waals surface area contributed by atoms with Crippen molar-refractivity contribution >= 4 is 11.9 Å². The molecule has 1 fully saturated rings. The number of methoxy groups -OCH3 is 1. The van der Waals surface area contributed by atoms with E-state index in [4.69, 9.17) is 14.2 Å². The highest BCUT2D eigenvalue weighted by atomic mass is 16.7. The maximum atomic E-state index is 12.6. The van der Waals surface area contributed by atoms with Gasteiger partial charge < -0.3 is 50.0 Å². The minimum Gasteiger partial charge on any atom is -0.504 e. The lowest BCUT2D eigenvalue weighted by molar-refractivity contribution is -0.277. The summed E-state index contributed by atoms with van der Waals surface area (Å²) in [6.45, 7) is -0.701. The molecule has 3 rings (SSSR count). The molecule has 0 aromatic heterocycles. The summed E-state index contributed by atoms with van der Waals surface area (Å²) < 4.78 is 15.4. The van der Waals surface area contributed by atoms with Crippen LogP contribution in [0.2, 0.25) is 0 Å². The van der Waals surface area contributed by atoms with Gasteiger partial charge in [0.2, 0.25) is 12.0 Å². The lowest BCUT2D eigenvalue weighted by atomic mass is 9.99. The van der Waals surface area contributed by atoms with Crippen molar-refractivity contribution in [2.45, 2.75) is 30.7 Å². The van der Waals surface area contributed by atoms with E-state index in [-0.39, 0.29) is 17.1 Å². The third kappa shape index (κ3) is 5.02. The first-order chi connectivity index (χ1) is 15.7. The summed E-state index contributed by atoms with van der Waals surface area (Å²) in [5.41, 5.74) is 0.207. The molecule has 1 saturated heterocycles. The third-order valence-electron chi connectivity index (χ3n) is 5.09. The van der Waals surface area contributed by atoms with Crippen LogP contribution in [-0.4, -0.2) is 86.0 Å². The molecular weight excluding hydrogens is 440 g/mol. The van der Waals surface area contributed by atoms with Crippen LogP contribution in [0.5, 0.6) is 28.7 Å². The van der Waals surface area contributed by atoms with Crippen LogP contribution in [0.1, 0.15) is 15.9 Å². The number of ketones is 1. The van der Waals surface area contributed by atoms with E-state index in [1.807, 2.05) is 0 Å². The van der Waals surface area contributed by atoms with Gasteiger partial charge in [0.1, 0.15) is 24.4 Å². The molecule has 2 aromatic carbocycles. The highest BCUT2D eigenvalue weighted by Crippen LogP contribution is 2.40. The second kappa shape index (κ2) is 10.1. The van der Waals surface area contributed by atoms with Crippen LogP contribution in [0.3, 0.4) is 0 Å². The first-order valence-corrected chi connectivity index (χ1v) is 9.79. The van der Waals surface area contributed by atoms with E-state index in [0.29, 0.717) is 5.56 Å². The number of rotatable bonds is 7. The van der Waals surface area contributed by atoms with Gasteiger partial charge in [-0.1, -0.05) is 12.1 Å². The monoisotopic (exact) mass is 464 g/mol. The maximum absolute atomic E-state index is 12.6. The van der Waals surface area contributed by atoms with E-state index in [1.165, 1.54) is 25.3 Å². The van der Waals surface area contributed by atoms with Gasteiger partial charge in [-0.05, 0) is 35.9 Å². The van der Waals surface area contributed by atoms with E-state index in [9.17, 15) is 40.5 Å². The van der Waals surface area contributed by atoms with Crippen LogP contribution >= 0.6 is 0 Å². The van der Waals surface area contributed by atoms with Crippen molar-refractivity contribution in [2.75, 3.05) is 13.7 Å². The fourth-order valence-corrected chi connectivity index (χ4v) is 3.23. The quantitative estimate of drug-likeness (QED) is 0.214. The highest BCUT2D eigenvalue weighted by Gasteiger charge is 2.45. The van der Waals surface area contributed by atoms with Gasteiger partial charge in [0.15, 0.2) is 28.8 Å². The number of hydrogen-bond donors (Lipinski definition) is 7. The Bertz CT molecular complexity index is 1030. The number of ether oxygens (including phenoxy) is 3. The van der Waals surface area contributed by atoms with E-state index < -0.39 is 60.3 Å². The number of aromatic hydroxyl groups is 3. The predicted molar refractivity (Wildman–Crippen MR) is 112 cm³/mol. The fourth-order valence-electron chi connectivity index (χ4n) is 3.23. The molecule has 0 amide bonds. The molecule has 33 heavy (non-hydrogen) atoms. The Kier molecular flexibility index (Phi) is 7.41. The number of benzene rings is 2. The number of carbonyl (C=O) groups is 1. The smallest absolute Gasteiger partial charge is 0.229 e. The van der Waals surface area contributed by atoms with Gasteiger partial charge in [-0.25, -0.2) is 0 Å². The lowest BCUT2D eigenvalue weighted by Gasteiger charge is -2.39. The van der Waals surface area contributed by atoms with Crippen molar-refractivity contribution < 1.29 is 54.8 Å². The number of aliphatic hydroxyl groups is 4. The number of allylic oxidation sites excluding steroid dienone is 1. The van der Waals surface area contributed by atoms with Crippen LogP contribution < -0.4 is 9.47 Å². The zero-order valence-electron chi connectivity index (χ0n) is 17.4. The minimum atomic E-state index is -1.79. The van der Waals surface area contributed by atoms with E-state index in [2.05, 4.69) is 0 Å². The van der Waals surface area contributed by atoms with Gasteiger partial charge in [0.25, 0.3) is 0 Å². The molecule has 11 heteroatoms. The molecule has 1 aliphatic heterocycles. The summed E-state index contributed by atoms with van der Waals surface area (Å²) in [5, 5.41) is 69.5. The van der Waals surface area contributed by atoms with Gasteiger partial charge in [0.05, 0.1) is 19.3 Å². The molecule has 0 spiro atoms. The van der Waals surface area contributed by atoms with Gasteiger partial charge in [0, 0.05) is 0 Å². The second-order valence-corrected chi connectivity index (χ2v) is 7.25. The lowest BCUT2D eigenvalue weighted by Crippen LogP contribution is -2.60. The molecule has 5 atom stereocenters. The number of phenolic OH excluding ortho intramolecular Hbond substituents is 3. The van der Waals surface area contributed by atoms with Crippen molar-refractivity contribution in [3.8, 4) is 28.7 Å². The zero-order valence-corrected chi connectivity index (χ0v) is 17.4. The molecular formula is C22H24O11. The van der Waals surface area contributed by atoms with Crippen molar-refractivity contribution in [1.82, 2.24) is 0 Å². The van der Waals surface area contributed by atoms with Crippen LogP contribution in [0.4, 0.5) is 0 Å². The van der Waals surface area contributed by atoms with E-state index in [1.54, 1.807) is 6.07 Å². The molecule has 0 unspecified atom stereocenters. The Balaban J connectivity index is 1.83. The largest absolute Gasteiger partial charge is 0.504 e. The number of carbonyl (C=O) groups excluding carboxylic acids is 1. The van der Waals surface area contributed by atoms with Crippen molar-refractivity contribution in [3.05, 3.63) is 47.5 Å². The summed E-state index contributed by atoms with van der Waals surface area (Å²) in [5.74, 6) is -2.52. The molecule has 2 aromatic rings. The Hall–Kier alpha value is -3.35. The Morgan fingerprint density at radius 3 is 2.39 bits per heavy atom. The molecule has 0 bridgehead atoms. The van der Waals surface area contributed by atoms with Crippen LogP contribution in [0, 0.1) is 0 Å². The number of hydrogen-bond acceptors (Lipinski definition) is 11. The summed E-state index contributed by atoms with van der Waals surface area (Å²) in [6, 6.07) is 6.67. The van der Waals surface area contributed by atoms with Crippen molar-refractivity contribution in [2.24, 2.45) is 0 Å².